The molecule has 0 fully saturated rings. The van der Waals surface area contributed by atoms with Crippen LogP contribution in [-0.4, -0.2) is 18.6 Å². The molecule has 1 aliphatic heterocycles. The van der Waals surface area contributed by atoms with Crippen LogP contribution in [0.15, 0.2) is 18.3 Å². The Balaban J connectivity index is 2.34. The largest absolute Gasteiger partial charge is 0.386 e. The Morgan fingerprint density at radius 3 is 3.27 bits per heavy atom. The number of nitrogens with one attached hydrogen (secondary N) is 2. The fraction of sp³-hybridized carbons (Fsp3) is 0.333. The maximum absolute atomic E-state index is 5.48. The van der Waals surface area contributed by atoms with E-state index < -0.39 is 0 Å². The molecule has 0 saturated heterocycles. The van der Waals surface area contributed by atoms with E-state index in [1.54, 1.807) is 0 Å². The quantitative estimate of drug-likeness (QED) is 0.744. The van der Waals surface area contributed by atoms with Crippen molar-refractivity contribution in [1.29, 1.82) is 0 Å². The summed E-state index contributed by atoms with van der Waals surface area (Å²) in [5.41, 5.74) is 5.16. The van der Waals surface area contributed by atoms with Crippen LogP contribution in [0.25, 0.3) is 10.9 Å². The summed E-state index contributed by atoms with van der Waals surface area (Å²) in [6.45, 7) is 1.57. The van der Waals surface area contributed by atoms with Gasteiger partial charge in [0.25, 0.3) is 0 Å². The molecule has 0 bridgehead atoms. The minimum Gasteiger partial charge on any atom is -0.386 e. The van der Waals surface area contributed by atoms with E-state index in [1.807, 2.05) is 13.2 Å². The van der Waals surface area contributed by atoms with Crippen molar-refractivity contribution in [2.45, 2.75) is 13.0 Å². The molecule has 3 nitrogen and oxygen atoms in total. The first-order valence-corrected chi connectivity index (χ1v) is 5.27. The molecule has 2 heterocycles. The van der Waals surface area contributed by atoms with E-state index in [2.05, 4.69) is 22.4 Å². The third-order valence-corrected chi connectivity index (χ3v) is 3.05. The Labute approximate surface area is 88.4 Å². The van der Waals surface area contributed by atoms with E-state index in [1.165, 1.54) is 27.7 Å². The monoisotopic (exact) mass is 202 g/mol. The average Bonchev–Trinajstić information content (AvgIpc) is 2.73. The van der Waals surface area contributed by atoms with Crippen LogP contribution >= 0.6 is 0 Å². The molecule has 0 spiro atoms. The van der Waals surface area contributed by atoms with E-state index >= 15 is 0 Å². The van der Waals surface area contributed by atoms with Gasteiger partial charge in [0.15, 0.2) is 0 Å². The number of hydrogen-bond donors (Lipinski definition) is 2. The zero-order valence-electron chi connectivity index (χ0n) is 8.76. The number of ether oxygens (including phenoxy) is 1. The lowest BCUT2D eigenvalue weighted by Gasteiger charge is -2.20. The first-order chi connectivity index (χ1) is 7.40. The minimum atomic E-state index is 0.741. The molecule has 3 rings (SSSR count). The molecule has 0 saturated carbocycles. The van der Waals surface area contributed by atoms with Crippen LogP contribution < -0.4 is 5.32 Å². The molecule has 0 amide bonds. The molecule has 1 aliphatic rings. The second kappa shape index (κ2) is 3.28. The Morgan fingerprint density at radius 1 is 1.47 bits per heavy atom. The van der Waals surface area contributed by atoms with Gasteiger partial charge in [0.1, 0.15) is 0 Å². The number of rotatable bonds is 1. The van der Waals surface area contributed by atoms with Crippen LogP contribution in [0, 0.1) is 0 Å². The number of hydrogen-bond acceptors (Lipinski definition) is 2. The lowest BCUT2D eigenvalue weighted by atomic mass is 9.98. The summed E-state index contributed by atoms with van der Waals surface area (Å²) in [7, 11) is 1.98. The second-order valence-corrected chi connectivity index (χ2v) is 3.88. The first kappa shape index (κ1) is 8.80. The number of fused-ring (bicyclic) bond motifs is 2. The summed E-state index contributed by atoms with van der Waals surface area (Å²) in [4.78, 5) is 3.29. The van der Waals surface area contributed by atoms with Crippen LogP contribution in [0.4, 0.5) is 5.69 Å². The molecule has 0 unspecified atom stereocenters. The van der Waals surface area contributed by atoms with Crippen LogP contribution in [0.3, 0.4) is 0 Å². The van der Waals surface area contributed by atoms with Crippen molar-refractivity contribution in [2.24, 2.45) is 0 Å². The summed E-state index contributed by atoms with van der Waals surface area (Å²) in [5.74, 6) is 0. The van der Waals surface area contributed by atoms with Gasteiger partial charge in [0.2, 0.25) is 0 Å². The number of aromatic nitrogens is 1. The van der Waals surface area contributed by atoms with Crippen molar-refractivity contribution >= 4 is 16.6 Å². The topological polar surface area (TPSA) is 37.0 Å². The predicted octanol–water partition coefficient (Wildman–Crippen LogP) is 2.28. The molecule has 15 heavy (non-hydrogen) atoms. The van der Waals surface area contributed by atoms with E-state index in [9.17, 15) is 0 Å². The summed E-state index contributed by atoms with van der Waals surface area (Å²) in [6.07, 6.45) is 2.98. The highest BCUT2D eigenvalue weighted by atomic mass is 16.5. The highest BCUT2D eigenvalue weighted by molar-refractivity contribution is 5.93. The Hall–Kier alpha value is -1.48. The summed E-state index contributed by atoms with van der Waals surface area (Å²) in [6, 6.07) is 4.33. The van der Waals surface area contributed by atoms with Crippen LogP contribution in [0.5, 0.6) is 0 Å². The van der Waals surface area contributed by atoms with Gasteiger partial charge in [-0.25, -0.2) is 0 Å². The van der Waals surface area contributed by atoms with E-state index in [0.717, 1.165) is 19.6 Å². The van der Waals surface area contributed by atoms with E-state index in [4.69, 9.17) is 4.74 Å². The molecular formula is C12H14N2O. The zero-order valence-corrected chi connectivity index (χ0v) is 8.76. The third kappa shape index (κ3) is 1.23. The molecule has 78 valence electrons. The second-order valence-electron chi connectivity index (χ2n) is 3.88. The Kier molecular flexibility index (Phi) is 1.92. The molecule has 2 aromatic rings. The SMILES string of the molecule is CNc1c2c(cc3cc[nH]c13)COCC2. The molecule has 1 aromatic carbocycles. The third-order valence-electron chi connectivity index (χ3n) is 3.05. The lowest BCUT2D eigenvalue weighted by molar-refractivity contribution is 0.111. The predicted molar refractivity (Wildman–Crippen MR) is 61.2 cm³/mol. The summed E-state index contributed by atoms with van der Waals surface area (Å²) in [5, 5.41) is 4.55. The van der Waals surface area contributed by atoms with Gasteiger partial charge in [0.05, 0.1) is 24.4 Å². The molecule has 3 heteroatoms. The van der Waals surface area contributed by atoms with Crippen molar-refractivity contribution < 1.29 is 4.74 Å². The van der Waals surface area contributed by atoms with Crippen LogP contribution in [-0.2, 0) is 17.8 Å². The van der Waals surface area contributed by atoms with Gasteiger partial charge in [-0.15, -0.1) is 0 Å². The van der Waals surface area contributed by atoms with Crippen molar-refractivity contribution in [3.8, 4) is 0 Å². The lowest BCUT2D eigenvalue weighted by Crippen LogP contribution is -2.12. The van der Waals surface area contributed by atoms with Gasteiger partial charge in [-0.3, -0.25) is 0 Å². The number of aromatic amines is 1. The maximum Gasteiger partial charge on any atom is 0.0720 e. The van der Waals surface area contributed by atoms with E-state index in [0.29, 0.717) is 0 Å². The van der Waals surface area contributed by atoms with E-state index in [-0.39, 0.29) is 0 Å². The molecule has 0 atom stereocenters. The van der Waals surface area contributed by atoms with Crippen molar-refractivity contribution in [2.75, 3.05) is 19.0 Å². The Morgan fingerprint density at radius 2 is 2.40 bits per heavy atom. The van der Waals surface area contributed by atoms with Crippen LogP contribution in [0.1, 0.15) is 11.1 Å². The minimum absolute atomic E-state index is 0.741. The number of benzene rings is 1. The van der Waals surface area contributed by atoms with Crippen molar-refractivity contribution in [3.63, 3.8) is 0 Å². The fourth-order valence-corrected chi connectivity index (χ4v) is 2.35. The maximum atomic E-state index is 5.48. The number of anilines is 1. The standard InChI is InChI=1S/C12H14N2O/c1-13-12-10-3-5-15-7-9(10)6-8-2-4-14-11(8)12/h2,4,6,13-14H,3,5,7H2,1H3. The zero-order chi connectivity index (χ0) is 10.3. The number of H-pyrrole nitrogens is 1. The molecule has 0 radical (unpaired) electrons. The Bertz CT molecular complexity index is 502. The molecule has 2 N–H and O–H groups in total. The van der Waals surface area contributed by atoms with Gasteiger partial charge < -0.3 is 15.0 Å². The summed E-state index contributed by atoms with van der Waals surface area (Å²) < 4.78 is 5.48. The van der Waals surface area contributed by atoms with Crippen molar-refractivity contribution in [1.82, 2.24) is 4.98 Å². The van der Waals surface area contributed by atoms with Gasteiger partial charge in [0, 0.05) is 18.6 Å². The fourth-order valence-electron chi connectivity index (χ4n) is 2.35. The van der Waals surface area contributed by atoms with Gasteiger partial charge in [-0.2, -0.15) is 0 Å². The molecule has 0 aliphatic carbocycles. The molecule has 1 aromatic heterocycles. The van der Waals surface area contributed by atoms with Gasteiger partial charge >= 0.3 is 0 Å². The van der Waals surface area contributed by atoms with Crippen LogP contribution in [0.2, 0.25) is 0 Å². The van der Waals surface area contributed by atoms with Crippen molar-refractivity contribution in [3.05, 3.63) is 29.5 Å². The highest BCUT2D eigenvalue weighted by Crippen LogP contribution is 2.32. The summed E-state index contributed by atoms with van der Waals surface area (Å²) >= 11 is 0. The van der Waals surface area contributed by atoms with Gasteiger partial charge in [-0.05, 0) is 29.7 Å². The highest BCUT2D eigenvalue weighted by Gasteiger charge is 2.16. The average molecular weight is 202 g/mol. The normalized spacial score (nSPS) is 15.3. The first-order valence-electron chi connectivity index (χ1n) is 5.27. The molecular weight excluding hydrogens is 188 g/mol. The van der Waals surface area contributed by atoms with Gasteiger partial charge in [-0.1, -0.05) is 0 Å². The smallest absolute Gasteiger partial charge is 0.0720 e.